The minimum Gasteiger partial charge on any atom is -0.477 e. The van der Waals surface area contributed by atoms with E-state index in [1.807, 2.05) is 70.0 Å². The molecule has 0 atom stereocenters. The quantitative estimate of drug-likeness (QED) is 0.131. The van der Waals surface area contributed by atoms with Crippen LogP contribution in [0.25, 0.3) is 33.4 Å². The Bertz CT molecular complexity index is 3020. The van der Waals surface area contributed by atoms with E-state index in [4.69, 9.17) is 24.7 Å². The first-order chi connectivity index (χ1) is 35.6. The Kier molecular flexibility index (Phi) is 14.5. The van der Waals surface area contributed by atoms with Crippen LogP contribution in [0.15, 0.2) is 72.8 Å². The molecule has 2 saturated carbocycles. The van der Waals surface area contributed by atoms with Crippen molar-refractivity contribution in [3.05, 3.63) is 95.6 Å². The highest BCUT2D eigenvalue weighted by molar-refractivity contribution is 7.90. The van der Waals surface area contributed by atoms with E-state index in [9.17, 15) is 23.1 Å². The molecule has 386 valence electrons. The van der Waals surface area contributed by atoms with Crippen molar-refractivity contribution in [3.63, 3.8) is 0 Å². The average Bonchev–Trinajstić information content (AvgIpc) is 3.97. The van der Waals surface area contributed by atoms with Crippen LogP contribution in [0, 0.1) is 0 Å². The summed E-state index contributed by atoms with van der Waals surface area (Å²) in [6.07, 6.45) is 11.0. The lowest BCUT2D eigenvalue weighted by Gasteiger charge is -2.41. The number of hydrogen-bond donors (Lipinski definition) is 2. The Labute approximate surface area is 426 Å². The van der Waals surface area contributed by atoms with E-state index < -0.39 is 21.9 Å². The normalized spacial score (nSPS) is 20.1. The lowest BCUT2D eigenvalue weighted by molar-refractivity contribution is 0.0115. The van der Waals surface area contributed by atoms with E-state index in [1.54, 1.807) is 12.1 Å². The molecule has 12 rings (SSSR count). The standard InChI is InChI=1S/C28H36N6O4S.C26H31N5O3/c1-2-39(36,37)31-28(35)23-19-24(33-13-11-21(12-14-33)32-15-17-38-18-16-32)25-26(20-7-6-8-20)30-34(27(25)29-23)22-9-4-3-5-10-22;32-26(33)21-17-22(30-11-9-19(10-12-30)29-13-15-34-16-14-29)23-24(18-5-4-6-18)28-31(25(23)27-21)20-7-2-1-3-8-20/h3-5,9-10,19-21H,2,6-8,11-18H2,1H3,(H,31,35);1-3,7-8,17-19H,4-6,9-16H2,(H,32,33). The molecule has 0 spiro atoms. The van der Waals surface area contributed by atoms with Gasteiger partial charge in [-0.3, -0.25) is 14.6 Å². The lowest BCUT2D eigenvalue weighted by atomic mass is 9.82. The number of carbonyl (C=O) groups excluding carboxylic acids is 1. The molecule has 4 aliphatic heterocycles. The first-order valence-corrected chi connectivity index (χ1v) is 28.2. The Morgan fingerprint density at radius 1 is 0.603 bits per heavy atom. The topological polar surface area (TPSA) is 193 Å². The van der Waals surface area contributed by atoms with Crippen LogP contribution in [-0.2, 0) is 19.5 Å². The number of hydrogen-bond acceptors (Lipinski definition) is 14. The van der Waals surface area contributed by atoms with Gasteiger partial charge in [0.1, 0.15) is 5.69 Å². The van der Waals surface area contributed by atoms with Crippen LogP contribution in [0.5, 0.6) is 0 Å². The highest BCUT2D eigenvalue weighted by Crippen LogP contribution is 2.45. The van der Waals surface area contributed by atoms with E-state index >= 15 is 0 Å². The number of para-hydroxylation sites is 2. The van der Waals surface area contributed by atoms with Crippen LogP contribution < -0.4 is 14.5 Å². The fourth-order valence-corrected chi connectivity index (χ4v) is 12.0. The number of morpholine rings is 2. The molecule has 4 saturated heterocycles. The van der Waals surface area contributed by atoms with E-state index in [0.717, 1.165) is 175 Å². The fraction of sp³-hybridized carbons (Fsp3) is 0.519. The highest BCUT2D eigenvalue weighted by Gasteiger charge is 2.35. The zero-order chi connectivity index (χ0) is 50.1. The lowest BCUT2D eigenvalue weighted by Crippen LogP contribution is -2.49. The molecule has 0 bridgehead atoms. The molecule has 19 heteroatoms. The summed E-state index contributed by atoms with van der Waals surface area (Å²) in [5.41, 5.74) is 7.16. The van der Waals surface area contributed by atoms with Gasteiger partial charge in [-0.25, -0.2) is 37.3 Å². The Morgan fingerprint density at radius 3 is 1.40 bits per heavy atom. The van der Waals surface area contributed by atoms with Gasteiger partial charge in [0, 0.05) is 76.3 Å². The van der Waals surface area contributed by atoms with E-state index in [1.165, 1.54) is 19.8 Å². The van der Waals surface area contributed by atoms with E-state index in [0.29, 0.717) is 35.2 Å². The third kappa shape index (κ3) is 10.3. The maximum atomic E-state index is 13.2. The number of ether oxygens (including phenoxy) is 2. The number of carboxylic acids is 1. The average molecular weight is 1010 g/mol. The maximum absolute atomic E-state index is 13.2. The van der Waals surface area contributed by atoms with Gasteiger partial charge in [0.2, 0.25) is 10.0 Å². The van der Waals surface area contributed by atoms with Crippen molar-refractivity contribution in [2.75, 3.05) is 94.3 Å². The second kappa shape index (κ2) is 21.5. The zero-order valence-electron chi connectivity index (χ0n) is 41.8. The number of benzene rings is 2. The monoisotopic (exact) mass is 1010 g/mol. The number of amides is 1. The van der Waals surface area contributed by atoms with Crippen LogP contribution >= 0.6 is 0 Å². The van der Waals surface area contributed by atoms with Gasteiger partial charge < -0.3 is 24.4 Å². The summed E-state index contributed by atoms with van der Waals surface area (Å²) in [6.45, 7) is 12.1. The molecule has 0 unspecified atom stereocenters. The van der Waals surface area contributed by atoms with Crippen LogP contribution in [0.1, 0.15) is 115 Å². The van der Waals surface area contributed by atoms with Gasteiger partial charge in [0.15, 0.2) is 17.0 Å². The van der Waals surface area contributed by atoms with Gasteiger partial charge in [0.05, 0.1) is 77.1 Å². The van der Waals surface area contributed by atoms with Crippen molar-refractivity contribution >= 4 is 55.3 Å². The third-order valence-electron chi connectivity index (χ3n) is 16.1. The van der Waals surface area contributed by atoms with Crippen molar-refractivity contribution in [2.24, 2.45) is 0 Å². The number of rotatable bonds is 12. The number of aromatic carboxylic acids is 1. The van der Waals surface area contributed by atoms with Crippen LogP contribution in [0.3, 0.4) is 0 Å². The van der Waals surface area contributed by atoms with Gasteiger partial charge in [-0.05, 0) is 94.7 Å². The number of nitrogens with zero attached hydrogens (tertiary/aromatic N) is 10. The second-order valence-corrected chi connectivity index (χ2v) is 22.4. The molecule has 8 heterocycles. The van der Waals surface area contributed by atoms with Gasteiger partial charge >= 0.3 is 5.97 Å². The first kappa shape index (κ1) is 49.2. The Balaban J connectivity index is 0.000000159. The summed E-state index contributed by atoms with van der Waals surface area (Å²) in [6, 6.07) is 24.4. The maximum Gasteiger partial charge on any atom is 0.354 e. The molecule has 2 aromatic carbocycles. The van der Waals surface area contributed by atoms with Crippen LogP contribution in [-0.4, -0.2) is 161 Å². The van der Waals surface area contributed by atoms with Crippen molar-refractivity contribution < 1.29 is 32.6 Å². The summed E-state index contributed by atoms with van der Waals surface area (Å²) < 4.78 is 41.4. The fourth-order valence-electron chi connectivity index (χ4n) is 11.5. The molecular formula is C54H67N11O7S. The molecule has 2 N–H and O–H groups in total. The second-order valence-electron chi connectivity index (χ2n) is 20.3. The van der Waals surface area contributed by atoms with Crippen molar-refractivity contribution in [1.29, 1.82) is 0 Å². The highest BCUT2D eigenvalue weighted by atomic mass is 32.2. The minimum absolute atomic E-state index is 0.0787. The summed E-state index contributed by atoms with van der Waals surface area (Å²) in [7, 11) is -3.73. The molecular weight excluding hydrogens is 947 g/mol. The number of carbonyl (C=O) groups is 2. The summed E-state index contributed by atoms with van der Waals surface area (Å²) >= 11 is 0. The molecule has 2 aliphatic carbocycles. The van der Waals surface area contributed by atoms with Gasteiger partial charge in [-0.2, -0.15) is 10.2 Å². The number of aromatic nitrogens is 6. The number of nitrogens with one attached hydrogen (secondary N) is 1. The summed E-state index contributed by atoms with van der Waals surface area (Å²) in [5.74, 6) is -1.14. The van der Waals surface area contributed by atoms with Gasteiger partial charge in [0.25, 0.3) is 5.91 Å². The number of piperidine rings is 2. The Hall–Kier alpha value is -5.99. The Morgan fingerprint density at radius 2 is 1.01 bits per heavy atom. The number of pyridine rings is 2. The molecule has 18 nitrogen and oxygen atoms in total. The van der Waals surface area contributed by atoms with Crippen molar-refractivity contribution in [2.45, 2.75) is 95.1 Å². The zero-order valence-corrected chi connectivity index (χ0v) is 42.6. The molecule has 73 heavy (non-hydrogen) atoms. The SMILES string of the molecule is CCS(=O)(=O)NC(=O)c1cc(N2CCC(N3CCOCC3)CC2)c2c(C3CCC3)nn(-c3ccccc3)c2n1.O=C(O)c1cc(N2CCC(N3CCOCC3)CC2)c2c(C3CCC3)nn(-c3ccccc3)c2n1. The number of sulfonamides is 1. The van der Waals surface area contributed by atoms with Crippen molar-refractivity contribution in [3.8, 4) is 11.4 Å². The summed E-state index contributed by atoms with van der Waals surface area (Å²) in [5, 5.41) is 22.0. The molecule has 6 aliphatic rings. The largest absolute Gasteiger partial charge is 0.477 e. The smallest absolute Gasteiger partial charge is 0.354 e. The predicted molar refractivity (Wildman–Crippen MR) is 280 cm³/mol. The number of fused-ring (bicyclic) bond motifs is 2. The summed E-state index contributed by atoms with van der Waals surface area (Å²) in [4.78, 5) is 44.4. The van der Waals surface area contributed by atoms with Gasteiger partial charge in [-0.1, -0.05) is 49.2 Å². The molecule has 6 fully saturated rings. The first-order valence-electron chi connectivity index (χ1n) is 26.5. The van der Waals surface area contributed by atoms with Crippen molar-refractivity contribution in [1.82, 2.24) is 44.1 Å². The van der Waals surface area contributed by atoms with Gasteiger partial charge in [-0.15, -0.1) is 0 Å². The minimum atomic E-state index is -3.73. The molecule has 4 aromatic heterocycles. The number of anilines is 2. The third-order valence-corrected chi connectivity index (χ3v) is 17.3. The molecule has 6 aromatic rings. The van der Waals surface area contributed by atoms with E-state index in [2.05, 4.69) is 29.3 Å². The van der Waals surface area contributed by atoms with E-state index in [-0.39, 0.29) is 17.1 Å². The van der Waals surface area contributed by atoms with Crippen LogP contribution in [0.4, 0.5) is 11.4 Å². The van der Waals surface area contributed by atoms with Crippen LogP contribution in [0.2, 0.25) is 0 Å². The predicted octanol–water partition coefficient (Wildman–Crippen LogP) is 6.76. The molecule has 0 radical (unpaired) electrons. The number of carboxylic acid groups (broad SMARTS) is 1. The molecule has 1 amide bonds.